The van der Waals surface area contributed by atoms with Crippen LogP contribution in [0.5, 0.6) is 0 Å². The number of aliphatic hydroxyl groups is 1. The van der Waals surface area contributed by atoms with Crippen molar-refractivity contribution in [3.05, 3.63) is 65.5 Å². The van der Waals surface area contributed by atoms with Gasteiger partial charge < -0.3 is 15.2 Å². The first-order valence-corrected chi connectivity index (χ1v) is 6.95. The molecule has 0 aromatic heterocycles. The Balaban J connectivity index is 1.69. The number of benzene rings is 2. The van der Waals surface area contributed by atoms with E-state index in [9.17, 15) is 9.50 Å². The molecule has 2 aromatic carbocycles. The molecule has 2 N–H and O–H groups in total. The van der Waals surface area contributed by atoms with Gasteiger partial charge in [0.25, 0.3) is 0 Å². The Kier molecular flexibility index (Phi) is 5.72. The van der Waals surface area contributed by atoms with Crippen molar-refractivity contribution >= 4 is 5.69 Å². The lowest BCUT2D eigenvalue weighted by molar-refractivity contribution is 0.0348. The van der Waals surface area contributed by atoms with E-state index in [0.29, 0.717) is 24.4 Å². The third-order valence-electron chi connectivity index (χ3n) is 3.14. The number of hydrogen-bond acceptors (Lipinski definition) is 3. The molecule has 0 spiro atoms. The number of rotatable bonds is 7. The molecule has 2 aromatic rings. The quantitative estimate of drug-likeness (QED) is 0.823. The summed E-state index contributed by atoms with van der Waals surface area (Å²) in [4.78, 5) is 0. The molecule has 0 heterocycles. The number of nitrogens with one attached hydrogen (secondary N) is 1. The molecule has 4 heteroatoms. The Labute approximate surface area is 124 Å². The van der Waals surface area contributed by atoms with E-state index in [-0.39, 0.29) is 12.4 Å². The molecule has 0 aliphatic carbocycles. The van der Waals surface area contributed by atoms with Gasteiger partial charge in [0.2, 0.25) is 0 Å². The molecular weight excluding hydrogens is 269 g/mol. The molecule has 21 heavy (non-hydrogen) atoms. The van der Waals surface area contributed by atoms with E-state index in [2.05, 4.69) is 5.32 Å². The predicted molar refractivity (Wildman–Crippen MR) is 81.7 cm³/mol. The molecule has 0 fully saturated rings. The van der Waals surface area contributed by atoms with E-state index in [0.717, 1.165) is 5.56 Å². The van der Waals surface area contributed by atoms with Crippen molar-refractivity contribution in [2.45, 2.75) is 19.6 Å². The summed E-state index contributed by atoms with van der Waals surface area (Å²) in [5.41, 5.74) is 2.32. The number of aryl methyl sites for hydroxylation is 1. The number of ether oxygens (including phenoxy) is 1. The third kappa shape index (κ3) is 5.17. The van der Waals surface area contributed by atoms with Crippen LogP contribution in [0.15, 0.2) is 48.5 Å². The van der Waals surface area contributed by atoms with Gasteiger partial charge in [-0.05, 0) is 30.2 Å². The monoisotopic (exact) mass is 289 g/mol. The standard InChI is InChI=1S/C17H20FNO2/c1-13-7-8-15(9-17(13)18)19-10-16(20)12-21-11-14-5-3-2-4-6-14/h2-9,16,19-20H,10-12H2,1H3. The van der Waals surface area contributed by atoms with Crippen molar-refractivity contribution in [3.63, 3.8) is 0 Å². The molecule has 0 radical (unpaired) electrons. The van der Waals surface area contributed by atoms with Gasteiger partial charge in [0.1, 0.15) is 5.82 Å². The molecule has 1 atom stereocenters. The van der Waals surface area contributed by atoms with Crippen LogP contribution in [0.4, 0.5) is 10.1 Å². The zero-order valence-corrected chi connectivity index (χ0v) is 12.1. The second-order valence-electron chi connectivity index (χ2n) is 5.00. The van der Waals surface area contributed by atoms with Crippen molar-refractivity contribution in [1.82, 2.24) is 0 Å². The van der Waals surface area contributed by atoms with Crippen LogP contribution in [0.2, 0.25) is 0 Å². The van der Waals surface area contributed by atoms with E-state index in [1.807, 2.05) is 30.3 Å². The van der Waals surface area contributed by atoms with Gasteiger partial charge in [0, 0.05) is 12.2 Å². The second-order valence-corrected chi connectivity index (χ2v) is 5.00. The fraction of sp³-hybridized carbons (Fsp3) is 0.294. The first-order valence-electron chi connectivity index (χ1n) is 6.95. The molecule has 0 saturated heterocycles. The minimum Gasteiger partial charge on any atom is -0.389 e. The second kappa shape index (κ2) is 7.76. The highest BCUT2D eigenvalue weighted by molar-refractivity contribution is 5.45. The number of halogens is 1. The number of anilines is 1. The van der Waals surface area contributed by atoms with Gasteiger partial charge in [-0.3, -0.25) is 0 Å². The predicted octanol–water partition coefficient (Wildman–Crippen LogP) is 3.12. The Morgan fingerprint density at radius 3 is 2.67 bits per heavy atom. The Hall–Kier alpha value is -1.91. The van der Waals surface area contributed by atoms with Gasteiger partial charge in [-0.25, -0.2) is 4.39 Å². The Bertz CT molecular complexity index is 560. The fourth-order valence-electron chi connectivity index (χ4n) is 1.88. The average Bonchev–Trinajstić information content (AvgIpc) is 2.49. The minimum atomic E-state index is -0.641. The molecule has 0 bridgehead atoms. The first kappa shape index (κ1) is 15.5. The summed E-state index contributed by atoms with van der Waals surface area (Å²) < 4.78 is 18.8. The van der Waals surface area contributed by atoms with Crippen molar-refractivity contribution in [3.8, 4) is 0 Å². The van der Waals surface area contributed by atoms with Gasteiger partial charge in [0.15, 0.2) is 0 Å². The maximum absolute atomic E-state index is 13.4. The maximum atomic E-state index is 13.4. The topological polar surface area (TPSA) is 41.5 Å². The van der Waals surface area contributed by atoms with Crippen LogP contribution in [0.25, 0.3) is 0 Å². The van der Waals surface area contributed by atoms with E-state index in [1.165, 1.54) is 6.07 Å². The maximum Gasteiger partial charge on any atom is 0.128 e. The van der Waals surface area contributed by atoms with Crippen molar-refractivity contribution in [2.24, 2.45) is 0 Å². The average molecular weight is 289 g/mol. The summed E-state index contributed by atoms with van der Waals surface area (Å²) in [5, 5.41) is 12.8. The summed E-state index contributed by atoms with van der Waals surface area (Å²) in [7, 11) is 0. The highest BCUT2D eigenvalue weighted by Crippen LogP contribution is 2.13. The van der Waals surface area contributed by atoms with Crippen LogP contribution in [0, 0.1) is 12.7 Å². The lowest BCUT2D eigenvalue weighted by Gasteiger charge is -2.13. The van der Waals surface area contributed by atoms with Crippen LogP contribution in [0.1, 0.15) is 11.1 Å². The normalized spacial score (nSPS) is 12.1. The highest BCUT2D eigenvalue weighted by Gasteiger charge is 2.05. The molecule has 0 aliphatic rings. The van der Waals surface area contributed by atoms with Crippen LogP contribution in [0.3, 0.4) is 0 Å². The van der Waals surface area contributed by atoms with Gasteiger partial charge in [-0.2, -0.15) is 0 Å². The molecule has 2 rings (SSSR count). The van der Waals surface area contributed by atoms with Crippen LogP contribution in [-0.2, 0) is 11.3 Å². The Morgan fingerprint density at radius 2 is 1.95 bits per heavy atom. The molecule has 1 unspecified atom stereocenters. The van der Waals surface area contributed by atoms with E-state index in [1.54, 1.807) is 19.1 Å². The largest absolute Gasteiger partial charge is 0.389 e. The van der Waals surface area contributed by atoms with Gasteiger partial charge in [0.05, 0.1) is 19.3 Å². The van der Waals surface area contributed by atoms with Crippen LogP contribution in [-0.4, -0.2) is 24.4 Å². The zero-order valence-electron chi connectivity index (χ0n) is 12.1. The highest BCUT2D eigenvalue weighted by atomic mass is 19.1. The van der Waals surface area contributed by atoms with Gasteiger partial charge >= 0.3 is 0 Å². The number of aliphatic hydroxyl groups excluding tert-OH is 1. The van der Waals surface area contributed by atoms with Crippen molar-refractivity contribution in [2.75, 3.05) is 18.5 Å². The summed E-state index contributed by atoms with van der Waals surface area (Å²) in [6.07, 6.45) is -0.641. The minimum absolute atomic E-state index is 0.232. The van der Waals surface area contributed by atoms with E-state index < -0.39 is 6.10 Å². The summed E-state index contributed by atoms with van der Waals surface area (Å²) in [5.74, 6) is -0.255. The SMILES string of the molecule is Cc1ccc(NCC(O)COCc2ccccc2)cc1F. The van der Waals surface area contributed by atoms with Crippen molar-refractivity contribution < 1.29 is 14.2 Å². The molecular formula is C17H20FNO2. The molecule has 112 valence electrons. The first-order chi connectivity index (χ1) is 10.1. The van der Waals surface area contributed by atoms with Crippen molar-refractivity contribution in [1.29, 1.82) is 0 Å². The fourth-order valence-corrected chi connectivity index (χ4v) is 1.88. The lowest BCUT2D eigenvalue weighted by atomic mass is 10.2. The molecule has 3 nitrogen and oxygen atoms in total. The Morgan fingerprint density at radius 1 is 1.19 bits per heavy atom. The summed E-state index contributed by atoms with van der Waals surface area (Å²) >= 11 is 0. The summed E-state index contributed by atoms with van der Waals surface area (Å²) in [6, 6.07) is 14.7. The molecule has 0 saturated carbocycles. The van der Waals surface area contributed by atoms with Crippen LogP contribution >= 0.6 is 0 Å². The smallest absolute Gasteiger partial charge is 0.128 e. The molecule has 0 aliphatic heterocycles. The van der Waals surface area contributed by atoms with E-state index in [4.69, 9.17) is 4.74 Å². The zero-order chi connectivity index (χ0) is 15.1. The van der Waals surface area contributed by atoms with E-state index >= 15 is 0 Å². The van der Waals surface area contributed by atoms with Gasteiger partial charge in [-0.1, -0.05) is 36.4 Å². The molecule has 0 amide bonds. The van der Waals surface area contributed by atoms with Crippen LogP contribution < -0.4 is 5.32 Å². The third-order valence-corrected chi connectivity index (χ3v) is 3.14. The number of hydrogen-bond donors (Lipinski definition) is 2. The lowest BCUT2D eigenvalue weighted by Crippen LogP contribution is -2.24. The summed E-state index contributed by atoms with van der Waals surface area (Å²) in [6.45, 7) is 2.73. The van der Waals surface area contributed by atoms with Gasteiger partial charge in [-0.15, -0.1) is 0 Å².